The smallest absolute Gasteiger partial charge is 0.307 e. The van der Waals surface area contributed by atoms with Crippen LogP contribution in [0.4, 0.5) is 11.4 Å². The van der Waals surface area contributed by atoms with Gasteiger partial charge in [-0.1, -0.05) is 29.3 Å². The standard InChI is InChI=1S/C16H17Cl2NO4S/c17-11-2-1-3-12(16(11)18)19-13-9-24-14(4-6-23-7-5-20)10(13)8-15(21)22/h1-3,9,19-20H,4-8H2,(H,21,22). The minimum atomic E-state index is -0.911. The highest BCUT2D eigenvalue weighted by atomic mass is 35.5. The molecule has 0 atom stereocenters. The molecule has 0 amide bonds. The molecule has 8 heteroatoms. The monoisotopic (exact) mass is 389 g/mol. The summed E-state index contributed by atoms with van der Waals surface area (Å²) in [6.07, 6.45) is 0.484. The van der Waals surface area contributed by atoms with Gasteiger partial charge in [0.1, 0.15) is 0 Å². The molecular formula is C16H17Cl2NO4S. The topological polar surface area (TPSA) is 78.8 Å². The van der Waals surface area contributed by atoms with Crippen LogP contribution in [-0.2, 0) is 22.4 Å². The third-order valence-corrected chi connectivity index (χ3v) is 5.15. The maximum Gasteiger partial charge on any atom is 0.307 e. The summed E-state index contributed by atoms with van der Waals surface area (Å²) in [5.74, 6) is -0.911. The van der Waals surface area contributed by atoms with E-state index >= 15 is 0 Å². The number of aliphatic hydroxyl groups is 1. The Hall–Kier alpha value is -1.31. The van der Waals surface area contributed by atoms with Crippen LogP contribution < -0.4 is 5.32 Å². The van der Waals surface area contributed by atoms with E-state index in [9.17, 15) is 9.90 Å². The highest BCUT2D eigenvalue weighted by Crippen LogP contribution is 2.35. The first-order valence-electron chi connectivity index (χ1n) is 7.23. The average Bonchev–Trinajstić information content (AvgIpc) is 2.90. The summed E-state index contributed by atoms with van der Waals surface area (Å²) in [6.45, 7) is 0.653. The normalized spacial score (nSPS) is 10.8. The molecule has 1 aromatic carbocycles. The summed E-state index contributed by atoms with van der Waals surface area (Å²) in [5, 5.41) is 23.7. The zero-order valence-corrected chi connectivity index (χ0v) is 15.0. The lowest BCUT2D eigenvalue weighted by molar-refractivity contribution is -0.136. The number of hydrogen-bond donors (Lipinski definition) is 3. The summed E-state index contributed by atoms with van der Waals surface area (Å²) in [6, 6.07) is 5.23. The Balaban J connectivity index is 2.20. The van der Waals surface area contributed by atoms with E-state index in [1.807, 2.05) is 5.38 Å². The number of carboxylic acid groups (broad SMARTS) is 1. The number of carboxylic acids is 1. The second-order valence-electron chi connectivity index (χ2n) is 4.93. The van der Waals surface area contributed by atoms with Gasteiger partial charge < -0.3 is 20.3 Å². The molecular weight excluding hydrogens is 373 g/mol. The molecule has 0 bridgehead atoms. The summed E-state index contributed by atoms with van der Waals surface area (Å²) in [4.78, 5) is 12.1. The number of aliphatic hydroxyl groups excluding tert-OH is 1. The Kier molecular flexibility index (Phi) is 7.33. The first kappa shape index (κ1) is 19.0. The second-order valence-corrected chi connectivity index (χ2v) is 6.68. The Morgan fingerprint density at radius 1 is 1.25 bits per heavy atom. The molecule has 0 saturated heterocycles. The van der Waals surface area contributed by atoms with Gasteiger partial charge in [-0.3, -0.25) is 4.79 Å². The van der Waals surface area contributed by atoms with E-state index in [-0.39, 0.29) is 19.6 Å². The first-order chi connectivity index (χ1) is 11.5. The van der Waals surface area contributed by atoms with Crippen LogP contribution in [0.25, 0.3) is 0 Å². The van der Waals surface area contributed by atoms with Crippen LogP contribution in [0.5, 0.6) is 0 Å². The molecule has 0 radical (unpaired) electrons. The van der Waals surface area contributed by atoms with Crippen LogP contribution in [0.3, 0.4) is 0 Å². The van der Waals surface area contributed by atoms with E-state index < -0.39 is 5.97 Å². The molecule has 1 heterocycles. The fourth-order valence-corrected chi connectivity index (χ4v) is 3.49. The zero-order valence-electron chi connectivity index (χ0n) is 12.7. The Labute approximate surface area is 153 Å². The van der Waals surface area contributed by atoms with Crippen molar-refractivity contribution in [3.05, 3.63) is 44.1 Å². The average molecular weight is 390 g/mol. The summed E-state index contributed by atoms with van der Waals surface area (Å²) in [5.41, 5.74) is 2.02. The third-order valence-electron chi connectivity index (χ3n) is 3.24. The van der Waals surface area contributed by atoms with Crippen molar-refractivity contribution in [2.45, 2.75) is 12.8 Å². The zero-order chi connectivity index (χ0) is 17.5. The molecule has 0 aliphatic carbocycles. The fourth-order valence-electron chi connectivity index (χ4n) is 2.16. The summed E-state index contributed by atoms with van der Waals surface area (Å²) in [7, 11) is 0. The number of aliphatic carboxylic acids is 1. The fraction of sp³-hybridized carbons (Fsp3) is 0.312. The highest BCUT2D eigenvalue weighted by molar-refractivity contribution is 7.10. The molecule has 130 valence electrons. The minimum absolute atomic E-state index is 0.0352. The maximum atomic E-state index is 11.2. The van der Waals surface area contributed by atoms with Crippen LogP contribution in [0.1, 0.15) is 10.4 Å². The van der Waals surface area contributed by atoms with Gasteiger partial charge in [0, 0.05) is 22.2 Å². The molecule has 0 aliphatic rings. The van der Waals surface area contributed by atoms with Gasteiger partial charge in [0.25, 0.3) is 0 Å². The number of benzene rings is 1. The molecule has 0 spiro atoms. The molecule has 5 nitrogen and oxygen atoms in total. The van der Waals surface area contributed by atoms with E-state index in [1.54, 1.807) is 18.2 Å². The van der Waals surface area contributed by atoms with Crippen molar-refractivity contribution in [3.63, 3.8) is 0 Å². The van der Waals surface area contributed by atoms with Gasteiger partial charge in [-0.05, 0) is 12.1 Å². The molecule has 24 heavy (non-hydrogen) atoms. The van der Waals surface area contributed by atoms with Gasteiger partial charge in [0.15, 0.2) is 0 Å². The number of nitrogens with one attached hydrogen (secondary N) is 1. The number of anilines is 2. The van der Waals surface area contributed by atoms with Crippen molar-refractivity contribution in [1.29, 1.82) is 0 Å². The highest BCUT2D eigenvalue weighted by Gasteiger charge is 2.16. The van der Waals surface area contributed by atoms with Crippen LogP contribution in [0.15, 0.2) is 23.6 Å². The van der Waals surface area contributed by atoms with Gasteiger partial charge >= 0.3 is 5.97 Å². The predicted octanol–water partition coefficient (Wildman–Crippen LogP) is 3.98. The van der Waals surface area contributed by atoms with Crippen LogP contribution in [0.2, 0.25) is 10.0 Å². The van der Waals surface area contributed by atoms with Crippen molar-refractivity contribution < 1.29 is 19.7 Å². The van der Waals surface area contributed by atoms with Crippen LogP contribution in [-0.4, -0.2) is 36.0 Å². The Morgan fingerprint density at radius 3 is 2.75 bits per heavy atom. The lowest BCUT2D eigenvalue weighted by Crippen LogP contribution is -2.07. The predicted molar refractivity (Wildman–Crippen MR) is 97.0 cm³/mol. The van der Waals surface area contributed by atoms with Gasteiger partial charge in [-0.15, -0.1) is 11.3 Å². The SMILES string of the molecule is O=C(O)Cc1c(Nc2cccc(Cl)c2Cl)csc1CCOCCO. The number of ether oxygens (including phenoxy) is 1. The van der Waals surface area contributed by atoms with Crippen molar-refractivity contribution in [2.75, 3.05) is 25.1 Å². The summed E-state index contributed by atoms with van der Waals surface area (Å²) >= 11 is 13.6. The van der Waals surface area contributed by atoms with E-state index in [1.165, 1.54) is 11.3 Å². The van der Waals surface area contributed by atoms with E-state index in [0.717, 1.165) is 4.88 Å². The number of carbonyl (C=O) groups is 1. The van der Waals surface area contributed by atoms with Gasteiger partial charge in [0.2, 0.25) is 0 Å². The molecule has 0 unspecified atom stereocenters. The molecule has 0 aliphatic heterocycles. The first-order valence-corrected chi connectivity index (χ1v) is 8.87. The lowest BCUT2D eigenvalue weighted by atomic mass is 10.1. The van der Waals surface area contributed by atoms with E-state index in [2.05, 4.69) is 5.32 Å². The van der Waals surface area contributed by atoms with Gasteiger partial charge in [-0.25, -0.2) is 0 Å². The number of hydrogen-bond acceptors (Lipinski definition) is 5. The Bertz CT molecular complexity index is 705. The molecule has 0 fully saturated rings. The summed E-state index contributed by atoms with van der Waals surface area (Å²) < 4.78 is 5.26. The van der Waals surface area contributed by atoms with E-state index in [0.29, 0.717) is 40.0 Å². The van der Waals surface area contributed by atoms with Crippen LogP contribution in [0, 0.1) is 0 Å². The number of rotatable bonds is 9. The molecule has 3 N–H and O–H groups in total. The number of halogens is 2. The van der Waals surface area contributed by atoms with Crippen molar-refractivity contribution >= 4 is 51.9 Å². The molecule has 2 aromatic rings. The molecule has 1 aromatic heterocycles. The third kappa shape index (κ3) is 5.09. The van der Waals surface area contributed by atoms with Crippen molar-refractivity contribution in [2.24, 2.45) is 0 Å². The second kappa shape index (κ2) is 9.25. The lowest BCUT2D eigenvalue weighted by Gasteiger charge is -2.11. The van der Waals surface area contributed by atoms with Gasteiger partial charge in [-0.2, -0.15) is 0 Å². The van der Waals surface area contributed by atoms with Crippen molar-refractivity contribution in [1.82, 2.24) is 0 Å². The Morgan fingerprint density at radius 2 is 2.04 bits per heavy atom. The number of thiophene rings is 1. The minimum Gasteiger partial charge on any atom is -0.481 e. The van der Waals surface area contributed by atoms with Gasteiger partial charge in [0.05, 0.1) is 47.7 Å². The molecule has 2 rings (SSSR count). The molecule has 0 saturated carbocycles. The largest absolute Gasteiger partial charge is 0.481 e. The van der Waals surface area contributed by atoms with Crippen molar-refractivity contribution in [3.8, 4) is 0 Å². The quantitative estimate of drug-likeness (QED) is 0.565. The van der Waals surface area contributed by atoms with E-state index in [4.69, 9.17) is 33.0 Å². The maximum absolute atomic E-state index is 11.2. The van der Waals surface area contributed by atoms with Crippen LogP contribution >= 0.6 is 34.5 Å².